The minimum absolute atomic E-state index is 0.724. The fourth-order valence-electron chi connectivity index (χ4n) is 3.19. The molecule has 106 valence electrons. The summed E-state index contributed by atoms with van der Waals surface area (Å²) in [6, 6.07) is 0. The highest BCUT2D eigenvalue weighted by molar-refractivity contribution is 14.1. The summed E-state index contributed by atoms with van der Waals surface area (Å²) in [5.74, 6) is 2.34. The number of alkyl halides is 2. The first-order valence-corrected chi connectivity index (χ1v) is 10.2. The van der Waals surface area contributed by atoms with Gasteiger partial charge in [-0.1, -0.05) is 88.9 Å². The van der Waals surface area contributed by atoms with Gasteiger partial charge in [0.1, 0.15) is 0 Å². The van der Waals surface area contributed by atoms with Crippen LogP contribution in [-0.4, -0.2) is 8.35 Å². The van der Waals surface area contributed by atoms with Crippen LogP contribution in [0.3, 0.4) is 0 Å². The van der Waals surface area contributed by atoms with Crippen molar-refractivity contribution < 1.29 is 0 Å². The van der Waals surface area contributed by atoms with Crippen molar-refractivity contribution in [2.45, 2.75) is 43.5 Å². The summed E-state index contributed by atoms with van der Waals surface area (Å²) in [5.41, 5.74) is 3.22. The van der Waals surface area contributed by atoms with E-state index in [0.29, 0.717) is 0 Å². The Labute approximate surface area is 145 Å². The van der Waals surface area contributed by atoms with Gasteiger partial charge in [-0.3, -0.25) is 0 Å². The highest BCUT2D eigenvalue weighted by atomic mass is 127. The van der Waals surface area contributed by atoms with E-state index in [0.717, 1.165) is 21.7 Å². The summed E-state index contributed by atoms with van der Waals surface area (Å²) in [6.45, 7) is 4.76. The average molecular weight is 482 g/mol. The van der Waals surface area contributed by atoms with Gasteiger partial charge in [-0.25, -0.2) is 0 Å². The molecule has 0 amide bonds. The van der Waals surface area contributed by atoms with Gasteiger partial charge >= 0.3 is 0 Å². The standard InChI is InChI=1S/C17H24I2/c1-12(11-18)10-16(19)9-8-15-7-6-14-5-3-4-13(2)17(14)15/h3,5-7,12-13,15-16H,4,8-11H2,1-2H3/t12-,13?,15?,16+/m0/s1. The summed E-state index contributed by atoms with van der Waals surface area (Å²) in [4.78, 5) is 0. The maximum Gasteiger partial charge on any atom is 0.0113 e. The van der Waals surface area contributed by atoms with E-state index in [-0.39, 0.29) is 0 Å². The third kappa shape index (κ3) is 4.32. The fourth-order valence-corrected chi connectivity index (χ4v) is 4.78. The van der Waals surface area contributed by atoms with Crippen LogP contribution in [0.1, 0.15) is 39.5 Å². The molecule has 2 unspecified atom stereocenters. The minimum atomic E-state index is 0.724. The number of rotatable bonds is 6. The Bertz CT molecular complexity index is 392. The van der Waals surface area contributed by atoms with Crippen LogP contribution in [0.2, 0.25) is 0 Å². The third-order valence-electron chi connectivity index (χ3n) is 4.27. The zero-order valence-corrected chi connectivity index (χ0v) is 16.2. The molecule has 2 aliphatic carbocycles. The number of halogens is 2. The van der Waals surface area contributed by atoms with Crippen LogP contribution in [0.15, 0.2) is 35.5 Å². The molecule has 0 saturated carbocycles. The van der Waals surface area contributed by atoms with Gasteiger partial charge in [0.05, 0.1) is 0 Å². The highest BCUT2D eigenvalue weighted by Gasteiger charge is 2.26. The molecule has 0 aromatic heterocycles. The van der Waals surface area contributed by atoms with E-state index in [2.05, 4.69) is 83.3 Å². The van der Waals surface area contributed by atoms with E-state index >= 15 is 0 Å². The smallest absolute Gasteiger partial charge is 0.0113 e. The van der Waals surface area contributed by atoms with Crippen molar-refractivity contribution in [3.05, 3.63) is 35.5 Å². The molecule has 0 heterocycles. The molecule has 0 bridgehead atoms. The Hall–Kier alpha value is 0.680. The highest BCUT2D eigenvalue weighted by Crippen LogP contribution is 2.39. The fraction of sp³-hybridized carbons (Fsp3) is 0.647. The molecule has 0 N–H and O–H groups in total. The van der Waals surface area contributed by atoms with Gasteiger partial charge in [0, 0.05) is 8.35 Å². The van der Waals surface area contributed by atoms with Crippen molar-refractivity contribution in [3.63, 3.8) is 0 Å². The molecule has 2 aliphatic rings. The predicted molar refractivity (Wildman–Crippen MR) is 102 cm³/mol. The van der Waals surface area contributed by atoms with Crippen LogP contribution < -0.4 is 0 Å². The minimum Gasteiger partial charge on any atom is -0.0861 e. The molecular formula is C17H24I2. The Balaban J connectivity index is 1.86. The molecule has 0 radical (unpaired) electrons. The second-order valence-corrected chi connectivity index (χ2v) is 8.73. The maximum atomic E-state index is 2.66. The van der Waals surface area contributed by atoms with E-state index in [4.69, 9.17) is 0 Å². The second kappa shape index (κ2) is 7.62. The van der Waals surface area contributed by atoms with Gasteiger partial charge < -0.3 is 0 Å². The maximum absolute atomic E-state index is 2.66. The Kier molecular flexibility index (Phi) is 6.44. The molecule has 19 heavy (non-hydrogen) atoms. The quantitative estimate of drug-likeness (QED) is 0.317. The molecule has 0 aliphatic heterocycles. The van der Waals surface area contributed by atoms with Gasteiger partial charge in [0.25, 0.3) is 0 Å². The van der Waals surface area contributed by atoms with Crippen LogP contribution in [-0.2, 0) is 0 Å². The SMILES string of the molecule is CC1CC=CC2=C1C(CC[C@@H](I)C[C@H](C)CI)C=C2. The summed E-state index contributed by atoms with van der Waals surface area (Å²) >= 11 is 5.17. The molecule has 0 aromatic rings. The topological polar surface area (TPSA) is 0 Å². The zero-order valence-electron chi connectivity index (χ0n) is 11.9. The molecule has 2 heteroatoms. The number of allylic oxidation sites excluding steroid dienone is 6. The van der Waals surface area contributed by atoms with Crippen molar-refractivity contribution in [3.8, 4) is 0 Å². The van der Waals surface area contributed by atoms with Crippen LogP contribution in [0.5, 0.6) is 0 Å². The van der Waals surface area contributed by atoms with Crippen LogP contribution in [0.4, 0.5) is 0 Å². The van der Waals surface area contributed by atoms with Crippen LogP contribution >= 0.6 is 45.2 Å². The molecular weight excluding hydrogens is 458 g/mol. The zero-order chi connectivity index (χ0) is 13.8. The molecule has 0 spiro atoms. The lowest BCUT2D eigenvalue weighted by molar-refractivity contribution is 0.512. The van der Waals surface area contributed by atoms with Crippen molar-refractivity contribution in [2.75, 3.05) is 4.43 Å². The summed E-state index contributed by atoms with van der Waals surface area (Å²) in [7, 11) is 0. The average Bonchev–Trinajstić information content (AvgIpc) is 2.81. The molecule has 4 atom stereocenters. The van der Waals surface area contributed by atoms with E-state index in [9.17, 15) is 0 Å². The number of hydrogen-bond acceptors (Lipinski definition) is 0. The molecule has 0 aromatic carbocycles. The van der Waals surface area contributed by atoms with E-state index in [1.54, 1.807) is 5.57 Å². The van der Waals surface area contributed by atoms with Crippen LogP contribution in [0.25, 0.3) is 0 Å². The molecule has 2 rings (SSSR count). The third-order valence-corrected chi connectivity index (χ3v) is 6.91. The second-order valence-electron chi connectivity index (χ2n) is 6.09. The van der Waals surface area contributed by atoms with E-state index in [1.165, 1.54) is 35.7 Å². The van der Waals surface area contributed by atoms with Crippen molar-refractivity contribution >= 4 is 45.2 Å². The number of hydrogen-bond donors (Lipinski definition) is 0. The van der Waals surface area contributed by atoms with Crippen molar-refractivity contribution in [1.82, 2.24) is 0 Å². The predicted octanol–water partition coefficient (Wildman–Crippen LogP) is 6.11. The summed E-state index contributed by atoms with van der Waals surface area (Å²) < 4.78 is 2.13. The Morgan fingerprint density at radius 1 is 1.37 bits per heavy atom. The lowest BCUT2D eigenvalue weighted by atomic mass is 9.82. The Morgan fingerprint density at radius 2 is 2.16 bits per heavy atom. The Morgan fingerprint density at radius 3 is 2.89 bits per heavy atom. The molecule has 0 nitrogen and oxygen atoms in total. The van der Waals surface area contributed by atoms with E-state index in [1.807, 2.05) is 0 Å². The van der Waals surface area contributed by atoms with Gasteiger partial charge in [0.2, 0.25) is 0 Å². The van der Waals surface area contributed by atoms with Gasteiger partial charge in [-0.05, 0) is 49.0 Å². The van der Waals surface area contributed by atoms with Crippen molar-refractivity contribution in [1.29, 1.82) is 0 Å². The monoisotopic (exact) mass is 482 g/mol. The van der Waals surface area contributed by atoms with Gasteiger partial charge in [0.15, 0.2) is 0 Å². The lowest BCUT2D eigenvalue weighted by Crippen LogP contribution is -2.13. The van der Waals surface area contributed by atoms with Crippen LogP contribution in [0, 0.1) is 17.8 Å². The lowest BCUT2D eigenvalue weighted by Gasteiger charge is -2.24. The summed E-state index contributed by atoms with van der Waals surface area (Å²) in [6.07, 6.45) is 14.8. The first kappa shape index (κ1) is 16.1. The molecule has 0 saturated heterocycles. The molecule has 0 fully saturated rings. The largest absolute Gasteiger partial charge is 0.0861 e. The van der Waals surface area contributed by atoms with Crippen molar-refractivity contribution in [2.24, 2.45) is 17.8 Å². The first-order chi connectivity index (χ1) is 9.11. The van der Waals surface area contributed by atoms with Gasteiger partial charge in [-0.15, -0.1) is 0 Å². The normalized spacial score (nSPS) is 28.6. The van der Waals surface area contributed by atoms with E-state index < -0.39 is 0 Å². The first-order valence-electron chi connectivity index (χ1n) is 7.40. The van der Waals surface area contributed by atoms with Gasteiger partial charge in [-0.2, -0.15) is 0 Å². The summed E-state index contributed by atoms with van der Waals surface area (Å²) in [5, 5.41) is 0.